The minimum atomic E-state index is -0.429. The Bertz CT molecular complexity index is 659. The lowest BCUT2D eigenvalue weighted by Crippen LogP contribution is -2.24. The van der Waals surface area contributed by atoms with E-state index >= 15 is 0 Å². The Hall–Kier alpha value is -2.09. The number of nitrogens with one attached hydrogen (secondary N) is 2. The number of ether oxygens (including phenoxy) is 1. The Morgan fingerprint density at radius 3 is 2.67 bits per heavy atom. The first-order chi connectivity index (χ1) is 10.2. The van der Waals surface area contributed by atoms with Crippen LogP contribution in [-0.2, 0) is 0 Å². The number of hydrazone groups is 1. The van der Waals surface area contributed by atoms with Crippen LogP contribution in [0.5, 0.6) is 5.75 Å². The summed E-state index contributed by atoms with van der Waals surface area (Å²) in [6.07, 6.45) is 1.60. The second kappa shape index (κ2) is 7.63. The highest BCUT2D eigenvalue weighted by atomic mass is 127. The molecule has 0 bridgehead atoms. The van der Waals surface area contributed by atoms with E-state index in [0.717, 1.165) is 9.13 Å². The molecule has 108 valence electrons. The van der Waals surface area contributed by atoms with Crippen molar-refractivity contribution >= 4 is 40.5 Å². The number of rotatable bonds is 4. The van der Waals surface area contributed by atoms with Gasteiger partial charge in [-0.05, 0) is 40.8 Å². The summed E-state index contributed by atoms with van der Waals surface area (Å²) in [4.78, 5) is 11.8. The summed E-state index contributed by atoms with van der Waals surface area (Å²) < 4.78 is 6.21. The first kappa shape index (κ1) is 15.3. The zero-order chi connectivity index (χ0) is 15.1. The summed E-state index contributed by atoms with van der Waals surface area (Å²) in [5, 5.41) is 6.59. The van der Waals surface area contributed by atoms with Crippen molar-refractivity contribution in [2.75, 3.05) is 12.4 Å². The zero-order valence-electron chi connectivity index (χ0n) is 11.3. The molecule has 0 aliphatic carbocycles. The fraction of sp³-hybridized carbons (Fsp3) is 0.0667. The van der Waals surface area contributed by atoms with Crippen LogP contribution >= 0.6 is 22.6 Å². The first-order valence-electron chi connectivity index (χ1n) is 6.18. The van der Waals surface area contributed by atoms with E-state index in [9.17, 15) is 4.79 Å². The number of benzene rings is 2. The molecule has 0 spiro atoms. The Morgan fingerprint density at radius 1 is 1.19 bits per heavy atom. The van der Waals surface area contributed by atoms with Gasteiger partial charge in [-0.1, -0.05) is 30.3 Å². The molecule has 0 saturated heterocycles. The van der Waals surface area contributed by atoms with Gasteiger partial charge >= 0.3 is 6.03 Å². The Balaban J connectivity index is 1.95. The van der Waals surface area contributed by atoms with Crippen LogP contribution in [0.25, 0.3) is 0 Å². The average Bonchev–Trinajstić information content (AvgIpc) is 2.50. The normalized spacial score (nSPS) is 10.4. The Labute approximate surface area is 136 Å². The van der Waals surface area contributed by atoms with Crippen LogP contribution in [-0.4, -0.2) is 19.4 Å². The van der Waals surface area contributed by atoms with Crippen LogP contribution in [0, 0.1) is 3.57 Å². The van der Waals surface area contributed by atoms with E-state index in [1.165, 1.54) is 0 Å². The molecule has 0 atom stereocenters. The predicted molar refractivity (Wildman–Crippen MR) is 91.9 cm³/mol. The Kier molecular flexibility index (Phi) is 5.56. The van der Waals surface area contributed by atoms with Gasteiger partial charge in [-0.2, -0.15) is 5.10 Å². The van der Waals surface area contributed by atoms with Crippen molar-refractivity contribution in [3.63, 3.8) is 0 Å². The van der Waals surface area contributed by atoms with Gasteiger partial charge < -0.3 is 10.1 Å². The predicted octanol–water partition coefficient (Wildman–Crippen LogP) is 3.46. The van der Waals surface area contributed by atoms with Crippen LogP contribution in [0.2, 0.25) is 0 Å². The van der Waals surface area contributed by atoms with Crippen LogP contribution in [0.4, 0.5) is 10.5 Å². The molecule has 2 rings (SSSR count). The molecule has 2 aromatic carbocycles. The van der Waals surface area contributed by atoms with Gasteiger partial charge in [0.15, 0.2) is 0 Å². The first-order valence-corrected chi connectivity index (χ1v) is 7.26. The molecule has 2 N–H and O–H groups in total. The highest BCUT2D eigenvalue weighted by Gasteiger charge is 2.05. The highest BCUT2D eigenvalue weighted by molar-refractivity contribution is 14.1. The molecule has 0 heterocycles. The van der Waals surface area contributed by atoms with Crippen molar-refractivity contribution in [2.24, 2.45) is 5.10 Å². The fourth-order valence-electron chi connectivity index (χ4n) is 1.64. The van der Waals surface area contributed by atoms with Crippen LogP contribution in [0.15, 0.2) is 53.6 Å². The van der Waals surface area contributed by atoms with Crippen molar-refractivity contribution in [1.82, 2.24) is 5.43 Å². The summed E-state index contributed by atoms with van der Waals surface area (Å²) in [6.45, 7) is 0. The van der Waals surface area contributed by atoms with Gasteiger partial charge in [0.1, 0.15) is 5.75 Å². The third kappa shape index (κ3) is 4.45. The maximum absolute atomic E-state index is 11.8. The van der Waals surface area contributed by atoms with E-state index in [1.807, 2.05) is 36.4 Å². The number of para-hydroxylation sites is 2. The number of nitrogens with zero attached hydrogens (tertiary/aromatic N) is 1. The second-order valence-corrected chi connectivity index (χ2v) is 5.21. The second-order valence-electron chi connectivity index (χ2n) is 4.05. The molecule has 0 aliphatic rings. The number of amides is 2. The lowest BCUT2D eigenvalue weighted by atomic mass is 10.2. The average molecular weight is 395 g/mol. The van der Waals surface area contributed by atoms with Crippen molar-refractivity contribution in [1.29, 1.82) is 0 Å². The quantitative estimate of drug-likeness (QED) is 0.473. The third-order valence-electron chi connectivity index (χ3n) is 2.63. The number of halogens is 1. The van der Waals surface area contributed by atoms with Gasteiger partial charge in [-0.15, -0.1) is 0 Å². The van der Waals surface area contributed by atoms with E-state index in [0.29, 0.717) is 11.4 Å². The summed E-state index contributed by atoms with van der Waals surface area (Å²) in [6, 6.07) is 14.5. The number of methoxy groups -OCH3 is 1. The Morgan fingerprint density at radius 2 is 1.90 bits per heavy atom. The van der Waals surface area contributed by atoms with Gasteiger partial charge in [-0.3, -0.25) is 0 Å². The lowest BCUT2D eigenvalue weighted by Gasteiger charge is -2.08. The number of urea groups is 1. The molecule has 0 unspecified atom stereocenters. The van der Waals surface area contributed by atoms with Crippen LogP contribution < -0.4 is 15.5 Å². The van der Waals surface area contributed by atoms with Crippen molar-refractivity contribution in [3.8, 4) is 5.75 Å². The third-order valence-corrected chi connectivity index (χ3v) is 3.61. The number of hydrogen-bond donors (Lipinski definition) is 2. The molecule has 6 heteroatoms. The van der Waals surface area contributed by atoms with Crippen LogP contribution in [0.3, 0.4) is 0 Å². The molecule has 0 aliphatic heterocycles. The van der Waals surface area contributed by atoms with Crippen LogP contribution in [0.1, 0.15) is 5.56 Å². The van der Waals surface area contributed by atoms with Crippen molar-refractivity contribution in [3.05, 3.63) is 57.7 Å². The molecule has 2 amide bonds. The number of carbonyl (C=O) groups is 1. The van der Waals surface area contributed by atoms with E-state index in [4.69, 9.17) is 4.74 Å². The van der Waals surface area contributed by atoms with Gasteiger partial charge in [0, 0.05) is 9.13 Å². The SMILES string of the molecule is COc1ccccc1NC(=O)N/N=C/c1ccccc1I. The molecule has 0 aromatic heterocycles. The zero-order valence-corrected chi connectivity index (χ0v) is 13.5. The standard InChI is InChI=1S/C15H14IN3O2/c1-21-14-9-5-4-8-13(14)18-15(20)19-17-10-11-6-2-3-7-12(11)16/h2-10H,1H3,(H2,18,19,20)/b17-10+. The fourth-order valence-corrected chi connectivity index (χ4v) is 2.17. The minimum absolute atomic E-state index is 0.429. The summed E-state index contributed by atoms with van der Waals surface area (Å²) in [5.41, 5.74) is 3.94. The molecule has 2 aromatic rings. The van der Waals surface area contributed by atoms with Crippen molar-refractivity contribution < 1.29 is 9.53 Å². The highest BCUT2D eigenvalue weighted by Crippen LogP contribution is 2.22. The lowest BCUT2D eigenvalue weighted by molar-refractivity contribution is 0.252. The van der Waals surface area contributed by atoms with E-state index in [1.54, 1.807) is 25.5 Å². The minimum Gasteiger partial charge on any atom is -0.495 e. The molecule has 5 nitrogen and oxygen atoms in total. The van der Waals surface area contributed by atoms with E-state index in [2.05, 4.69) is 38.4 Å². The van der Waals surface area contributed by atoms with Gasteiger partial charge in [0.25, 0.3) is 0 Å². The van der Waals surface area contributed by atoms with E-state index < -0.39 is 6.03 Å². The maximum Gasteiger partial charge on any atom is 0.339 e. The van der Waals surface area contributed by atoms with Gasteiger partial charge in [-0.25, -0.2) is 10.2 Å². The topological polar surface area (TPSA) is 62.7 Å². The number of anilines is 1. The molecular formula is C15H14IN3O2. The molecule has 0 saturated carbocycles. The molecule has 0 radical (unpaired) electrons. The summed E-state index contributed by atoms with van der Waals surface area (Å²) in [5.74, 6) is 0.592. The number of carbonyl (C=O) groups excluding carboxylic acids is 1. The monoisotopic (exact) mass is 395 g/mol. The maximum atomic E-state index is 11.8. The van der Waals surface area contributed by atoms with Gasteiger partial charge in [0.05, 0.1) is 19.0 Å². The molecule has 0 fully saturated rings. The smallest absolute Gasteiger partial charge is 0.339 e. The number of hydrogen-bond acceptors (Lipinski definition) is 3. The molecule has 21 heavy (non-hydrogen) atoms. The largest absolute Gasteiger partial charge is 0.495 e. The van der Waals surface area contributed by atoms with E-state index in [-0.39, 0.29) is 0 Å². The molecular weight excluding hydrogens is 381 g/mol. The van der Waals surface area contributed by atoms with Gasteiger partial charge in [0.2, 0.25) is 0 Å². The summed E-state index contributed by atoms with van der Waals surface area (Å²) >= 11 is 2.21. The summed E-state index contributed by atoms with van der Waals surface area (Å²) in [7, 11) is 1.55. The van der Waals surface area contributed by atoms with Crippen molar-refractivity contribution in [2.45, 2.75) is 0 Å².